The molecule has 2 rings (SSSR count). The molecule has 1 unspecified atom stereocenters. The van der Waals surface area contributed by atoms with E-state index in [2.05, 4.69) is 32.6 Å². The van der Waals surface area contributed by atoms with Crippen molar-refractivity contribution >= 4 is 0 Å². The molecular weight excluding hydrogens is 170 g/mol. The summed E-state index contributed by atoms with van der Waals surface area (Å²) in [4.78, 5) is 2.75. The molecule has 0 N–H and O–H groups in total. The van der Waals surface area contributed by atoms with Crippen molar-refractivity contribution in [3.8, 4) is 0 Å². The van der Waals surface area contributed by atoms with E-state index in [1.807, 2.05) is 0 Å². The quantitative estimate of drug-likeness (QED) is 0.653. The monoisotopic (exact) mass is 195 g/mol. The first-order chi connectivity index (χ1) is 6.54. The zero-order chi connectivity index (χ0) is 10.3. The lowest BCUT2D eigenvalue weighted by Gasteiger charge is -2.38. The molecule has 0 aromatic rings. The summed E-state index contributed by atoms with van der Waals surface area (Å²) >= 11 is 0. The third kappa shape index (κ3) is 1.60. The summed E-state index contributed by atoms with van der Waals surface area (Å²) in [5, 5.41) is 0. The van der Waals surface area contributed by atoms with Crippen LogP contribution in [-0.2, 0) is 0 Å². The highest BCUT2D eigenvalue weighted by Gasteiger charge is 2.48. The van der Waals surface area contributed by atoms with Gasteiger partial charge in [0.2, 0.25) is 0 Å². The molecule has 1 atom stereocenters. The number of hydrogen-bond acceptors (Lipinski definition) is 1. The minimum atomic E-state index is 0.738. The molecule has 1 saturated carbocycles. The Kier molecular flexibility index (Phi) is 2.63. The molecule has 1 heterocycles. The summed E-state index contributed by atoms with van der Waals surface area (Å²) in [5.74, 6) is 0.831. The second-order valence-corrected chi connectivity index (χ2v) is 6.14. The van der Waals surface area contributed by atoms with Gasteiger partial charge in [-0.1, -0.05) is 20.3 Å². The van der Waals surface area contributed by atoms with Crippen molar-refractivity contribution in [2.24, 2.45) is 11.3 Å². The van der Waals surface area contributed by atoms with Crippen LogP contribution in [0.15, 0.2) is 0 Å². The van der Waals surface area contributed by atoms with Crippen molar-refractivity contribution in [1.82, 2.24) is 4.90 Å². The molecular formula is C13H25N. The second kappa shape index (κ2) is 3.52. The predicted molar refractivity (Wildman–Crippen MR) is 61.4 cm³/mol. The Bertz CT molecular complexity index is 185. The summed E-state index contributed by atoms with van der Waals surface area (Å²) in [6, 6.07) is 1.60. The van der Waals surface area contributed by atoms with Gasteiger partial charge < -0.3 is 0 Å². The number of nitrogens with zero attached hydrogens (tertiary/aromatic N) is 1. The van der Waals surface area contributed by atoms with E-state index in [1.165, 1.54) is 32.2 Å². The molecule has 2 aliphatic rings. The molecule has 2 fully saturated rings. The summed E-state index contributed by atoms with van der Waals surface area (Å²) in [7, 11) is 0. The molecule has 1 spiro atoms. The van der Waals surface area contributed by atoms with Crippen molar-refractivity contribution < 1.29 is 0 Å². The lowest BCUT2D eigenvalue weighted by atomic mass is 9.67. The van der Waals surface area contributed by atoms with Crippen LogP contribution in [-0.4, -0.2) is 23.5 Å². The van der Waals surface area contributed by atoms with Gasteiger partial charge in [0.1, 0.15) is 0 Å². The van der Waals surface area contributed by atoms with Crippen molar-refractivity contribution in [3.63, 3.8) is 0 Å². The van der Waals surface area contributed by atoms with Gasteiger partial charge in [0.25, 0.3) is 0 Å². The molecule has 0 radical (unpaired) electrons. The Morgan fingerprint density at radius 2 is 1.79 bits per heavy atom. The van der Waals surface area contributed by atoms with Gasteiger partial charge in [-0.2, -0.15) is 0 Å². The predicted octanol–water partition coefficient (Wildman–Crippen LogP) is 3.30. The van der Waals surface area contributed by atoms with E-state index < -0.39 is 0 Å². The zero-order valence-electron chi connectivity index (χ0n) is 10.2. The van der Waals surface area contributed by atoms with Gasteiger partial charge in [0.15, 0.2) is 0 Å². The van der Waals surface area contributed by atoms with Crippen LogP contribution in [0.1, 0.15) is 53.4 Å². The van der Waals surface area contributed by atoms with E-state index in [-0.39, 0.29) is 0 Å². The normalized spacial score (nSPS) is 31.7. The van der Waals surface area contributed by atoms with E-state index in [1.54, 1.807) is 0 Å². The van der Waals surface area contributed by atoms with Crippen LogP contribution >= 0.6 is 0 Å². The van der Waals surface area contributed by atoms with Gasteiger partial charge in [-0.25, -0.2) is 0 Å². The molecule has 0 bridgehead atoms. The highest BCUT2D eigenvalue weighted by molar-refractivity contribution is 5.01. The van der Waals surface area contributed by atoms with Crippen LogP contribution in [0.25, 0.3) is 0 Å². The third-order valence-electron chi connectivity index (χ3n) is 4.43. The fourth-order valence-electron chi connectivity index (χ4n) is 3.35. The molecule has 1 aliphatic heterocycles. The summed E-state index contributed by atoms with van der Waals surface area (Å²) in [6.07, 6.45) is 5.96. The van der Waals surface area contributed by atoms with Crippen LogP contribution in [0, 0.1) is 11.3 Å². The minimum Gasteiger partial charge on any atom is -0.297 e. The maximum atomic E-state index is 2.75. The fourth-order valence-corrected chi connectivity index (χ4v) is 3.35. The van der Waals surface area contributed by atoms with Gasteiger partial charge in [-0.3, -0.25) is 4.90 Å². The van der Waals surface area contributed by atoms with E-state index in [0.717, 1.165) is 23.4 Å². The van der Waals surface area contributed by atoms with Gasteiger partial charge >= 0.3 is 0 Å². The Morgan fingerprint density at radius 3 is 2.07 bits per heavy atom. The second-order valence-electron chi connectivity index (χ2n) is 6.14. The smallest absolute Gasteiger partial charge is 0.0127 e. The Morgan fingerprint density at radius 1 is 1.14 bits per heavy atom. The first-order valence-electron chi connectivity index (χ1n) is 6.30. The summed E-state index contributed by atoms with van der Waals surface area (Å²) in [6.45, 7) is 10.9. The summed E-state index contributed by atoms with van der Waals surface area (Å²) in [5.41, 5.74) is 0.749. The first-order valence-corrected chi connectivity index (χ1v) is 6.30. The minimum absolute atomic E-state index is 0.738. The van der Waals surface area contributed by atoms with E-state index in [0.29, 0.717) is 0 Å². The summed E-state index contributed by atoms with van der Waals surface area (Å²) < 4.78 is 0. The molecule has 1 nitrogen and oxygen atoms in total. The van der Waals surface area contributed by atoms with Crippen molar-refractivity contribution in [2.75, 3.05) is 6.54 Å². The highest BCUT2D eigenvalue weighted by Crippen LogP contribution is 2.51. The van der Waals surface area contributed by atoms with Crippen LogP contribution in [0.5, 0.6) is 0 Å². The van der Waals surface area contributed by atoms with Crippen LogP contribution in [0.4, 0.5) is 0 Å². The maximum absolute atomic E-state index is 2.75. The fraction of sp³-hybridized carbons (Fsp3) is 1.00. The SMILES string of the molecule is CC(C)C1CC2(CCC2)CN1C(C)C. The Balaban J connectivity index is 2.07. The van der Waals surface area contributed by atoms with Crippen molar-refractivity contribution in [3.05, 3.63) is 0 Å². The highest BCUT2D eigenvalue weighted by atomic mass is 15.2. The molecule has 1 heteroatoms. The van der Waals surface area contributed by atoms with Gasteiger partial charge in [0.05, 0.1) is 0 Å². The van der Waals surface area contributed by atoms with Gasteiger partial charge in [0, 0.05) is 18.6 Å². The first kappa shape index (κ1) is 10.5. The topological polar surface area (TPSA) is 3.24 Å². The number of rotatable bonds is 2. The molecule has 0 amide bonds. The lowest BCUT2D eigenvalue weighted by molar-refractivity contribution is 0.124. The average Bonchev–Trinajstić information content (AvgIpc) is 2.42. The zero-order valence-corrected chi connectivity index (χ0v) is 10.2. The van der Waals surface area contributed by atoms with Crippen LogP contribution in [0.2, 0.25) is 0 Å². The van der Waals surface area contributed by atoms with Crippen LogP contribution in [0.3, 0.4) is 0 Å². The van der Waals surface area contributed by atoms with Gasteiger partial charge in [-0.05, 0) is 44.4 Å². The van der Waals surface area contributed by atoms with E-state index in [9.17, 15) is 0 Å². The molecule has 1 saturated heterocycles. The van der Waals surface area contributed by atoms with Gasteiger partial charge in [-0.15, -0.1) is 0 Å². The number of likely N-dealkylation sites (tertiary alicyclic amines) is 1. The third-order valence-corrected chi connectivity index (χ3v) is 4.43. The Labute approximate surface area is 88.9 Å². The standard InChI is InChI=1S/C13H25N/c1-10(2)12-8-13(6-5-7-13)9-14(12)11(3)4/h10-12H,5-9H2,1-4H3. The van der Waals surface area contributed by atoms with E-state index in [4.69, 9.17) is 0 Å². The van der Waals surface area contributed by atoms with E-state index >= 15 is 0 Å². The van der Waals surface area contributed by atoms with Crippen molar-refractivity contribution in [1.29, 1.82) is 0 Å². The average molecular weight is 195 g/mol. The Hall–Kier alpha value is -0.0400. The molecule has 0 aromatic carbocycles. The number of hydrogen-bond donors (Lipinski definition) is 0. The maximum Gasteiger partial charge on any atom is 0.0127 e. The lowest BCUT2D eigenvalue weighted by Crippen LogP contribution is -2.39. The molecule has 1 aliphatic carbocycles. The molecule has 82 valence electrons. The largest absolute Gasteiger partial charge is 0.297 e. The molecule has 0 aromatic heterocycles. The van der Waals surface area contributed by atoms with Crippen LogP contribution < -0.4 is 0 Å². The molecule has 14 heavy (non-hydrogen) atoms. The van der Waals surface area contributed by atoms with Crippen molar-refractivity contribution in [2.45, 2.75) is 65.5 Å².